The Hall–Kier alpha value is -1.93. The maximum atomic E-state index is 13.7. The molecular formula is C15H18FN3O. The average molecular weight is 275 g/mol. The lowest BCUT2D eigenvalue weighted by atomic mass is 9.85. The Morgan fingerprint density at radius 2 is 2.25 bits per heavy atom. The molecule has 2 atom stereocenters. The third-order valence-electron chi connectivity index (χ3n) is 3.82. The van der Waals surface area contributed by atoms with Gasteiger partial charge in [-0.3, -0.25) is 4.79 Å². The van der Waals surface area contributed by atoms with Gasteiger partial charge in [0.1, 0.15) is 5.82 Å². The van der Waals surface area contributed by atoms with Crippen LogP contribution in [0.5, 0.6) is 0 Å². The number of nitrogens with zero attached hydrogens (tertiary/aromatic N) is 1. The van der Waals surface area contributed by atoms with Gasteiger partial charge in [-0.05, 0) is 38.3 Å². The number of carbonyl (C=O) groups is 1. The molecule has 1 saturated carbocycles. The van der Waals surface area contributed by atoms with E-state index in [9.17, 15) is 9.18 Å². The van der Waals surface area contributed by atoms with Crippen molar-refractivity contribution in [3.8, 4) is 6.07 Å². The molecule has 2 unspecified atom stereocenters. The number of benzene rings is 1. The van der Waals surface area contributed by atoms with E-state index in [-0.39, 0.29) is 23.4 Å². The lowest BCUT2D eigenvalue weighted by molar-refractivity contribution is -0.120. The van der Waals surface area contributed by atoms with Crippen molar-refractivity contribution in [3.05, 3.63) is 29.1 Å². The van der Waals surface area contributed by atoms with E-state index in [1.807, 2.05) is 6.07 Å². The van der Waals surface area contributed by atoms with Crippen LogP contribution in [0.25, 0.3) is 0 Å². The molecule has 2 rings (SSSR count). The molecule has 20 heavy (non-hydrogen) atoms. The minimum Gasteiger partial charge on any atom is -0.328 e. The second kappa shape index (κ2) is 6.02. The van der Waals surface area contributed by atoms with Crippen molar-refractivity contribution < 1.29 is 9.18 Å². The van der Waals surface area contributed by atoms with Gasteiger partial charge >= 0.3 is 0 Å². The van der Waals surface area contributed by atoms with Crippen LogP contribution < -0.4 is 11.1 Å². The van der Waals surface area contributed by atoms with Gasteiger partial charge in [-0.25, -0.2) is 4.39 Å². The monoisotopic (exact) mass is 275 g/mol. The van der Waals surface area contributed by atoms with Crippen LogP contribution >= 0.6 is 0 Å². The average Bonchev–Trinajstić information content (AvgIpc) is 2.43. The molecule has 0 radical (unpaired) electrons. The zero-order chi connectivity index (χ0) is 14.7. The SMILES string of the molecule is Cc1c(F)cc(C#N)cc1NC(=O)C1CCCC(N)C1. The van der Waals surface area contributed by atoms with Gasteiger partial charge in [0.15, 0.2) is 0 Å². The van der Waals surface area contributed by atoms with E-state index in [0.29, 0.717) is 17.7 Å². The highest BCUT2D eigenvalue weighted by Gasteiger charge is 2.25. The first-order chi connectivity index (χ1) is 9.51. The van der Waals surface area contributed by atoms with E-state index < -0.39 is 5.82 Å². The number of nitriles is 1. The number of nitrogens with two attached hydrogens (primary N) is 1. The second-order valence-corrected chi connectivity index (χ2v) is 5.36. The predicted molar refractivity (Wildman–Crippen MR) is 74.4 cm³/mol. The second-order valence-electron chi connectivity index (χ2n) is 5.36. The van der Waals surface area contributed by atoms with Gasteiger partial charge in [0, 0.05) is 23.2 Å². The highest BCUT2D eigenvalue weighted by Crippen LogP contribution is 2.26. The highest BCUT2D eigenvalue weighted by atomic mass is 19.1. The van der Waals surface area contributed by atoms with Crippen molar-refractivity contribution in [2.45, 2.75) is 38.6 Å². The number of amides is 1. The molecule has 0 heterocycles. The van der Waals surface area contributed by atoms with Gasteiger partial charge in [0.05, 0.1) is 11.6 Å². The van der Waals surface area contributed by atoms with Crippen molar-refractivity contribution in [1.82, 2.24) is 0 Å². The molecule has 106 valence electrons. The third-order valence-corrected chi connectivity index (χ3v) is 3.82. The van der Waals surface area contributed by atoms with E-state index in [1.54, 1.807) is 6.92 Å². The summed E-state index contributed by atoms with van der Waals surface area (Å²) in [7, 11) is 0. The first-order valence-corrected chi connectivity index (χ1v) is 6.78. The van der Waals surface area contributed by atoms with Gasteiger partial charge in [0.2, 0.25) is 5.91 Å². The Bertz CT molecular complexity index is 565. The summed E-state index contributed by atoms with van der Waals surface area (Å²) in [6, 6.07) is 4.61. The summed E-state index contributed by atoms with van der Waals surface area (Å²) in [4.78, 5) is 12.2. The van der Waals surface area contributed by atoms with Crippen molar-refractivity contribution in [2.24, 2.45) is 11.7 Å². The molecule has 1 aliphatic rings. The van der Waals surface area contributed by atoms with Gasteiger partial charge in [-0.1, -0.05) is 6.42 Å². The molecule has 1 aliphatic carbocycles. The maximum absolute atomic E-state index is 13.7. The first-order valence-electron chi connectivity index (χ1n) is 6.78. The van der Waals surface area contributed by atoms with Gasteiger partial charge in [0.25, 0.3) is 0 Å². The summed E-state index contributed by atoms with van der Waals surface area (Å²) in [6.45, 7) is 1.58. The summed E-state index contributed by atoms with van der Waals surface area (Å²) >= 11 is 0. The van der Waals surface area contributed by atoms with Crippen LogP contribution in [0.2, 0.25) is 0 Å². The van der Waals surface area contributed by atoms with Crippen molar-refractivity contribution >= 4 is 11.6 Å². The zero-order valence-corrected chi connectivity index (χ0v) is 11.4. The van der Waals surface area contributed by atoms with Gasteiger partial charge < -0.3 is 11.1 Å². The van der Waals surface area contributed by atoms with Gasteiger partial charge in [-0.15, -0.1) is 0 Å². The van der Waals surface area contributed by atoms with Crippen LogP contribution in [0.1, 0.15) is 36.8 Å². The first kappa shape index (κ1) is 14.5. The Kier molecular flexibility index (Phi) is 4.35. The highest BCUT2D eigenvalue weighted by molar-refractivity contribution is 5.93. The number of anilines is 1. The van der Waals surface area contributed by atoms with E-state index >= 15 is 0 Å². The predicted octanol–water partition coefficient (Wildman–Crippen LogP) is 2.46. The van der Waals surface area contributed by atoms with Crippen molar-refractivity contribution in [3.63, 3.8) is 0 Å². The Morgan fingerprint density at radius 3 is 2.90 bits per heavy atom. The van der Waals surface area contributed by atoms with Crippen LogP contribution in [0, 0.1) is 30.0 Å². The normalized spacial score (nSPS) is 22.1. The molecule has 0 saturated heterocycles. The van der Waals surface area contributed by atoms with Crippen molar-refractivity contribution in [1.29, 1.82) is 5.26 Å². The summed E-state index contributed by atoms with van der Waals surface area (Å²) in [5, 5.41) is 11.6. The number of hydrogen-bond acceptors (Lipinski definition) is 3. The van der Waals surface area contributed by atoms with Crippen LogP contribution in [0.15, 0.2) is 12.1 Å². The molecule has 0 aliphatic heterocycles. The van der Waals surface area contributed by atoms with Crippen LogP contribution in [-0.2, 0) is 4.79 Å². The molecule has 0 aromatic heterocycles. The van der Waals surface area contributed by atoms with E-state index in [1.165, 1.54) is 12.1 Å². The maximum Gasteiger partial charge on any atom is 0.227 e. The van der Waals surface area contributed by atoms with E-state index in [4.69, 9.17) is 11.0 Å². The fraction of sp³-hybridized carbons (Fsp3) is 0.467. The lowest BCUT2D eigenvalue weighted by Crippen LogP contribution is -2.34. The minimum atomic E-state index is -0.486. The molecule has 5 heteroatoms. The smallest absolute Gasteiger partial charge is 0.227 e. The van der Waals surface area contributed by atoms with Crippen LogP contribution in [0.3, 0.4) is 0 Å². The zero-order valence-electron chi connectivity index (χ0n) is 11.4. The Labute approximate surface area is 117 Å². The van der Waals surface area contributed by atoms with Gasteiger partial charge in [-0.2, -0.15) is 5.26 Å². The summed E-state index contributed by atoms with van der Waals surface area (Å²) in [5.74, 6) is -0.760. The Morgan fingerprint density at radius 1 is 1.50 bits per heavy atom. The fourth-order valence-corrected chi connectivity index (χ4v) is 2.57. The largest absolute Gasteiger partial charge is 0.328 e. The van der Waals surface area contributed by atoms with E-state index in [2.05, 4.69) is 5.32 Å². The summed E-state index contributed by atoms with van der Waals surface area (Å²) in [5.41, 5.74) is 6.78. The molecule has 1 amide bonds. The molecule has 1 aromatic carbocycles. The molecule has 1 fully saturated rings. The number of hydrogen-bond donors (Lipinski definition) is 2. The van der Waals surface area contributed by atoms with Crippen molar-refractivity contribution in [2.75, 3.05) is 5.32 Å². The fourth-order valence-electron chi connectivity index (χ4n) is 2.57. The third kappa shape index (κ3) is 3.14. The minimum absolute atomic E-state index is 0.0581. The number of carbonyl (C=O) groups excluding carboxylic acids is 1. The van der Waals surface area contributed by atoms with Crippen LogP contribution in [0.4, 0.5) is 10.1 Å². The molecule has 0 bridgehead atoms. The lowest BCUT2D eigenvalue weighted by Gasteiger charge is -2.26. The Balaban J connectivity index is 2.15. The molecule has 1 aromatic rings. The summed E-state index contributed by atoms with van der Waals surface area (Å²) in [6.07, 6.45) is 3.34. The topological polar surface area (TPSA) is 78.9 Å². The number of halogens is 1. The quantitative estimate of drug-likeness (QED) is 0.870. The molecule has 3 N–H and O–H groups in total. The standard InChI is InChI=1S/C15H18FN3O/c1-9-13(16)5-10(8-17)6-14(9)19-15(20)11-3-2-4-12(18)7-11/h5-6,11-12H,2-4,7,18H2,1H3,(H,19,20). The number of nitrogens with one attached hydrogen (secondary N) is 1. The van der Waals surface area contributed by atoms with Crippen LogP contribution in [-0.4, -0.2) is 11.9 Å². The van der Waals surface area contributed by atoms with E-state index in [0.717, 1.165) is 19.3 Å². The molecule has 0 spiro atoms. The number of rotatable bonds is 2. The molecule has 4 nitrogen and oxygen atoms in total. The molecular weight excluding hydrogens is 257 g/mol. The summed E-state index contributed by atoms with van der Waals surface area (Å²) < 4.78 is 13.7.